The molecule has 0 aliphatic rings. The van der Waals surface area contributed by atoms with Crippen LogP contribution in [0.2, 0.25) is 0 Å². The summed E-state index contributed by atoms with van der Waals surface area (Å²) in [7, 11) is 0. The Labute approximate surface area is 111 Å². The Morgan fingerprint density at radius 3 is 2.63 bits per heavy atom. The van der Waals surface area contributed by atoms with Crippen LogP contribution in [0.3, 0.4) is 0 Å². The van der Waals surface area contributed by atoms with Crippen LogP contribution < -0.4 is 4.74 Å². The number of aryl methyl sites for hydroxylation is 2. The zero-order chi connectivity index (χ0) is 13.8. The van der Waals surface area contributed by atoms with E-state index in [1.165, 1.54) is 6.07 Å². The van der Waals surface area contributed by atoms with Gasteiger partial charge in [-0.15, -0.1) is 0 Å². The first kappa shape index (κ1) is 13.7. The monoisotopic (exact) mass is 264 g/mol. The first-order valence-corrected chi connectivity index (χ1v) is 6.42. The highest BCUT2D eigenvalue weighted by atomic mass is 19.1. The van der Waals surface area contributed by atoms with Crippen LogP contribution in [-0.4, -0.2) is 28.3 Å². The predicted octanol–water partition coefficient (Wildman–Crippen LogP) is 2.26. The van der Waals surface area contributed by atoms with E-state index >= 15 is 0 Å². The van der Waals surface area contributed by atoms with Crippen LogP contribution in [0, 0.1) is 5.82 Å². The average Bonchev–Trinajstić information content (AvgIpc) is 2.44. The molecule has 0 fully saturated rings. The van der Waals surface area contributed by atoms with Crippen molar-refractivity contribution in [3.05, 3.63) is 29.3 Å². The van der Waals surface area contributed by atoms with E-state index in [4.69, 9.17) is 9.84 Å². The summed E-state index contributed by atoms with van der Waals surface area (Å²) in [5.41, 5.74) is 1.14. The molecule has 0 atom stereocenters. The van der Waals surface area contributed by atoms with Gasteiger partial charge >= 0.3 is 0 Å². The molecule has 2 aromatic rings. The van der Waals surface area contributed by atoms with Crippen LogP contribution >= 0.6 is 0 Å². The van der Waals surface area contributed by atoms with Crippen LogP contribution in [0.15, 0.2) is 12.1 Å². The number of fused-ring (bicyclic) bond motifs is 1. The molecular formula is C14H17FN2O2. The number of aliphatic hydroxyl groups excluding tert-OH is 1. The Morgan fingerprint density at radius 2 is 2.00 bits per heavy atom. The quantitative estimate of drug-likeness (QED) is 0.900. The van der Waals surface area contributed by atoms with Crippen molar-refractivity contribution in [2.45, 2.75) is 26.7 Å². The normalized spacial score (nSPS) is 10.9. The van der Waals surface area contributed by atoms with E-state index < -0.39 is 0 Å². The molecule has 1 N–H and O–H groups in total. The lowest BCUT2D eigenvalue weighted by Crippen LogP contribution is -2.07. The molecule has 1 aromatic carbocycles. The Balaban J connectivity index is 2.64. The third kappa shape index (κ3) is 2.81. The van der Waals surface area contributed by atoms with Crippen LogP contribution in [-0.2, 0) is 12.8 Å². The molecule has 0 saturated heterocycles. The van der Waals surface area contributed by atoms with Crippen LogP contribution in [0.1, 0.15) is 25.2 Å². The summed E-state index contributed by atoms with van der Waals surface area (Å²) >= 11 is 0. The fourth-order valence-electron chi connectivity index (χ4n) is 1.88. The first-order valence-electron chi connectivity index (χ1n) is 6.42. The third-order valence-electron chi connectivity index (χ3n) is 2.88. The third-order valence-corrected chi connectivity index (χ3v) is 2.88. The lowest BCUT2D eigenvalue weighted by atomic mass is 10.1. The lowest BCUT2D eigenvalue weighted by Gasteiger charge is -2.10. The minimum Gasteiger partial charge on any atom is -0.475 e. The van der Waals surface area contributed by atoms with Gasteiger partial charge in [0.05, 0.1) is 12.0 Å². The molecule has 0 radical (unpaired) electrons. The summed E-state index contributed by atoms with van der Waals surface area (Å²) in [5.74, 6) is 0.508. The molecule has 0 unspecified atom stereocenters. The van der Waals surface area contributed by atoms with Gasteiger partial charge in [-0.1, -0.05) is 13.8 Å². The van der Waals surface area contributed by atoms with Gasteiger partial charge in [-0.2, -0.15) is 4.98 Å². The summed E-state index contributed by atoms with van der Waals surface area (Å²) in [5, 5.41) is 9.40. The molecular weight excluding hydrogens is 247 g/mol. The van der Waals surface area contributed by atoms with Gasteiger partial charge in [-0.3, -0.25) is 0 Å². The number of halogens is 1. The highest BCUT2D eigenvalue weighted by Gasteiger charge is 2.13. The van der Waals surface area contributed by atoms with Gasteiger partial charge in [-0.25, -0.2) is 9.37 Å². The van der Waals surface area contributed by atoms with Crippen LogP contribution in [0.4, 0.5) is 4.39 Å². The summed E-state index contributed by atoms with van der Waals surface area (Å²) in [4.78, 5) is 8.47. The number of ether oxygens (including phenoxy) is 1. The largest absolute Gasteiger partial charge is 0.475 e. The van der Waals surface area contributed by atoms with Gasteiger partial charge < -0.3 is 9.84 Å². The Hall–Kier alpha value is -1.75. The molecule has 1 aromatic heterocycles. The minimum absolute atomic E-state index is 0.108. The van der Waals surface area contributed by atoms with Crippen molar-refractivity contribution < 1.29 is 14.2 Å². The molecule has 0 aliphatic heterocycles. The summed E-state index contributed by atoms with van der Waals surface area (Å²) in [6.45, 7) is 3.88. The highest BCUT2D eigenvalue weighted by Crippen LogP contribution is 2.26. The SMILES string of the molecule is CCc1cc(F)c2nc(CC)nc(OCCO)c2c1. The van der Waals surface area contributed by atoms with Gasteiger partial charge in [0.25, 0.3) is 0 Å². The Morgan fingerprint density at radius 1 is 1.21 bits per heavy atom. The van der Waals surface area contributed by atoms with Crippen molar-refractivity contribution >= 4 is 10.9 Å². The standard InChI is InChI=1S/C14H17FN2O2/c1-3-9-7-10-13(11(15)8-9)16-12(4-2)17-14(10)19-6-5-18/h7-8,18H,3-6H2,1-2H3. The molecule has 0 aliphatic carbocycles. The van der Waals surface area contributed by atoms with E-state index in [1.54, 1.807) is 0 Å². The van der Waals surface area contributed by atoms with Gasteiger partial charge in [-0.05, 0) is 24.1 Å². The highest BCUT2D eigenvalue weighted by molar-refractivity contribution is 5.84. The van der Waals surface area contributed by atoms with E-state index in [2.05, 4.69) is 9.97 Å². The average molecular weight is 264 g/mol. The van der Waals surface area contributed by atoms with Gasteiger partial charge in [0, 0.05) is 6.42 Å². The molecule has 0 spiro atoms. The van der Waals surface area contributed by atoms with Gasteiger partial charge in [0.1, 0.15) is 23.8 Å². The molecule has 19 heavy (non-hydrogen) atoms. The number of hydrogen-bond acceptors (Lipinski definition) is 4. The zero-order valence-electron chi connectivity index (χ0n) is 11.1. The second-order valence-electron chi connectivity index (χ2n) is 4.20. The Bertz CT molecular complexity index is 587. The maximum absolute atomic E-state index is 14.1. The van der Waals surface area contributed by atoms with E-state index in [0.29, 0.717) is 23.5 Å². The van der Waals surface area contributed by atoms with Crippen molar-refractivity contribution in [2.75, 3.05) is 13.2 Å². The summed E-state index contributed by atoms with van der Waals surface area (Å²) < 4.78 is 19.5. The molecule has 0 amide bonds. The molecule has 5 heteroatoms. The van der Waals surface area contributed by atoms with Crippen LogP contribution in [0.25, 0.3) is 10.9 Å². The predicted molar refractivity (Wildman–Crippen MR) is 70.8 cm³/mol. The molecule has 0 saturated carbocycles. The maximum atomic E-state index is 14.1. The number of benzene rings is 1. The van der Waals surface area contributed by atoms with Crippen molar-refractivity contribution in [1.82, 2.24) is 9.97 Å². The van der Waals surface area contributed by atoms with E-state index in [1.807, 2.05) is 19.9 Å². The molecule has 4 nitrogen and oxygen atoms in total. The van der Waals surface area contributed by atoms with Crippen molar-refractivity contribution in [3.8, 4) is 5.88 Å². The fraction of sp³-hybridized carbons (Fsp3) is 0.429. The van der Waals surface area contributed by atoms with Crippen LogP contribution in [0.5, 0.6) is 5.88 Å². The molecule has 2 rings (SSSR count). The van der Waals surface area contributed by atoms with E-state index in [0.717, 1.165) is 12.0 Å². The summed E-state index contributed by atoms with van der Waals surface area (Å²) in [6.07, 6.45) is 1.32. The summed E-state index contributed by atoms with van der Waals surface area (Å²) in [6, 6.07) is 3.33. The number of nitrogens with zero attached hydrogens (tertiary/aromatic N) is 2. The second-order valence-corrected chi connectivity index (χ2v) is 4.20. The van der Waals surface area contributed by atoms with Crippen molar-refractivity contribution in [1.29, 1.82) is 0 Å². The van der Waals surface area contributed by atoms with Crippen molar-refractivity contribution in [3.63, 3.8) is 0 Å². The Kier molecular flexibility index (Phi) is 4.27. The van der Waals surface area contributed by atoms with Gasteiger partial charge in [0.2, 0.25) is 5.88 Å². The van der Waals surface area contributed by atoms with Crippen molar-refractivity contribution in [2.24, 2.45) is 0 Å². The first-order chi connectivity index (χ1) is 9.19. The zero-order valence-corrected chi connectivity index (χ0v) is 11.1. The molecule has 0 bridgehead atoms. The molecule has 102 valence electrons. The van der Waals surface area contributed by atoms with E-state index in [9.17, 15) is 4.39 Å². The lowest BCUT2D eigenvalue weighted by molar-refractivity contribution is 0.198. The smallest absolute Gasteiger partial charge is 0.224 e. The number of aromatic nitrogens is 2. The van der Waals surface area contributed by atoms with Gasteiger partial charge in [0.15, 0.2) is 0 Å². The number of hydrogen-bond donors (Lipinski definition) is 1. The topological polar surface area (TPSA) is 55.2 Å². The minimum atomic E-state index is -0.361. The molecule has 1 heterocycles. The number of aliphatic hydroxyl groups is 1. The fourth-order valence-corrected chi connectivity index (χ4v) is 1.88. The second kappa shape index (κ2) is 5.93. The maximum Gasteiger partial charge on any atom is 0.224 e. The number of rotatable bonds is 5. The van der Waals surface area contributed by atoms with E-state index in [-0.39, 0.29) is 24.5 Å².